The van der Waals surface area contributed by atoms with Gasteiger partial charge in [0.1, 0.15) is 0 Å². The molecule has 0 radical (unpaired) electrons. The normalized spacial score (nSPS) is 12.3. The zero-order valence-corrected chi connectivity index (χ0v) is 20.7. The lowest BCUT2D eigenvalue weighted by Gasteiger charge is -2.17. The minimum Gasteiger partial charge on any atom is -0.325 e. The molecule has 168 valence electrons. The van der Waals surface area contributed by atoms with E-state index in [1.54, 1.807) is 12.7 Å². The van der Waals surface area contributed by atoms with Gasteiger partial charge in [-0.2, -0.15) is 0 Å². The van der Waals surface area contributed by atoms with Crippen LogP contribution >= 0.6 is 35.6 Å². The molecule has 31 heavy (non-hydrogen) atoms. The summed E-state index contributed by atoms with van der Waals surface area (Å²) in [6.07, 6.45) is 7.95. The molecule has 0 aliphatic carbocycles. The molecule has 4 aromatic rings. The van der Waals surface area contributed by atoms with Gasteiger partial charge < -0.3 is 14.5 Å². The molecular weight excluding hydrogens is 477 g/mol. The zero-order chi connectivity index (χ0) is 21.9. The van der Waals surface area contributed by atoms with Gasteiger partial charge in [0, 0.05) is 56.7 Å². The van der Waals surface area contributed by atoms with E-state index in [4.69, 9.17) is 28.9 Å². The maximum absolute atomic E-state index is 12.0. The van der Waals surface area contributed by atoms with E-state index in [0.717, 1.165) is 22.4 Å². The lowest BCUT2D eigenvalue weighted by atomic mass is 10.2. The molecule has 0 saturated carbocycles. The highest BCUT2D eigenvalue weighted by atomic mass is 35.5. The van der Waals surface area contributed by atoms with Gasteiger partial charge in [0.25, 0.3) is 0 Å². The number of nitrogens with zero attached hydrogens (tertiary/aromatic N) is 4. The Labute approximate surface area is 200 Å². The van der Waals surface area contributed by atoms with Crippen LogP contribution in [-0.4, -0.2) is 33.5 Å². The summed E-state index contributed by atoms with van der Waals surface area (Å²) in [4.78, 5) is 8.49. The Balaban J connectivity index is 0.000000229. The number of nitrogens with two attached hydrogens (primary N) is 1. The molecule has 2 N–H and O–H groups in total. The number of halogens is 3. The Morgan fingerprint density at radius 2 is 1.45 bits per heavy atom. The third-order valence-corrected chi connectivity index (χ3v) is 6.97. The van der Waals surface area contributed by atoms with Crippen molar-refractivity contribution in [2.75, 3.05) is 5.75 Å². The van der Waals surface area contributed by atoms with Crippen molar-refractivity contribution in [1.29, 1.82) is 0 Å². The first-order valence-corrected chi connectivity index (χ1v) is 11.6. The van der Waals surface area contributed by atoms with Gasteiger partial charge in [0.05, 0.1) is 35.1 Å². The van der Waals surface area contributed by atoms with Gasteiger partial charge >= 0.3 is 0 Å². The lowest BCUT2D eigenvalue weighted by Crippen LogP contribution is -2.24. The van der Waals surface area contributed by atoms with E-state index in [1.165, 1.54) is 0 Å². The molecule has 10 heteroatoms. The fourth-order valence-electron chi connectivity index (χ4n) is 2.88. The van der Waals surface area contributed by atoms with Gasteiger partial charge in [0.15, 0.2) is 0 Å². The minimum absolute atomic E-state index is 0. The second kappa shape index (κ2) is 10.8. The molecule has 0 aliphatic rings. The molecule has 0 bridgehead atoms. The monoisotopic (exact) mass is 501 g/mol. The first-order chi connectivity index (χ1) is 14.2. The fourth-order valence-corrected chi connectivity index (χ4v) is 4.19. The summed E-state index contributed by atoms with van der Waals surface area (Å²) in [7, 11) is -0.852. The Kier molecular flexibility index (Phi) is 8.92. The van der Waals surface area contributed by atoms with Crippen LogP contribution in [0.3, 0.4) is 0 Å². The summed E-state index contributed by atoms with van der Waals surface area (Å²) in [5.41, 5.74) is 9.29. The quantitative estimate of drug-likeness (QED) is 0.428. The van der Waals surface area contributed by atoms with Crippen LogP contribution in [0.4, 0.5) is 0 Å². The third kappa shape index (κ3) is 6.43. The maximum atomic E-state index is 12.0. The lowest BCUT2D eigenvalue weighted by molar-refractivity contribution is 0.648. The van der Waals surface area contributed by atoms with Gasteiger partial charge in [-0.15, -0.1) is 12.4 Å². The van der Waals surface area contributed by atoms with Crippen molar-refractivity contribution in [3.63, 3.8) is 0 Å². The average Bonchev–Trinajstić information content (AvgIpc) is 3.28. The number of imidazole rings is 2. The first-order valence-electron chi connectivity index (χ1n) is 9.50. The molecular formula is C21H26Cl3N5OS. The van der Waals surface area contributed by atoms with Crippen LogP contribution in [0, 0.1) is 0 Å². The number of aromatic nitrogens is 4. The van der Waals surface area contributed by atoms with E-state index in [1.807, 2.05) is 66.2 Å². The molecule has 0 aromatic carbocycles. The smallest absolute Gasteiger partial charge is 0.0996 e. The molecule has 4 heterocycles. The Hall–Kier alpha value is -1.64. The SMILES string of the molecule is CC(C)(C)S(=O)CCc1ncn2ccc(Cl)cc12.Cl.NCc1ncn2ccc(Cl)cc12. The number of aryl methyl sites for hydroxylation is 1. The highest BCUT2D eigenvalue weighted by Crippen LogP contribution is 2.18. The van der Waals surface area contributed by atoms with E-state index in [0.29, 0.717) is 28.8 Å². The van der Waals surface area contributed by atoms with Crippen LogP contribution in [0.2, 0.25) is 10.0 Å². The summed E-state index contributed by atoms with van der Waals surface area (Å²) in [6, 6.07) is 7.39. The minimum atomic E-state index is -0.852. The molecule has 0 fully saturated rings. The first kappa shape index (κ1) is 25.6. The van der Waals surface area contributed by atoms with Gasteiger partial charge in [-0.1, -0.05) is 23.2 Å². The van der Waals surface area contributed by atoms with Crippen molar-refractivity contribution in [3.05, 3.63) is 70.7 Å². The molecule has 1 atom stereocenters. The number of pyridine rings is 2. The molecule has 4 aromatic heterocycles. The van der Waals surface area contributed by atoms with Crippen molar-refractivity contribution in [1.82, 2.24) is 18.8 Å². The maximum Gasteiger partial charge on any atom is 0.0996 e. The van der Waals surface area contributed by atoms with Gasteiger partial charge in [-0.25, -0.2) is 9.97 Å². The van der Waals surface area contributed by atoms with Crippen LogP contribution in [0.25, 0.3) is 11.0 Å². The standard InChI is InChI=1S/C13H17ClN2OS.C8H8ClN3.ClH/c1-13(2,3)18(17)7-5-11-12-8-10(14)4-6-16(12)9-15-11;9-6-1-2-12-5-11-7(4-10)8(12)3-6;/h4,6,8-9H,5,7H2,1-3H3;1-3,5H,4,10H2;1H. The average molecular weight is 503 g/mol. The predicted molar refractivity (Wildman–Crippen MR) is 132 cm³/mol. The predicted octanol–water partition coefficient (Wildman–Crippen LogP) is 4.95. The van der Waals surface area contributed by atoms with E-state index in [2.05, 4.69) is 9.97 Å². The second-order valence-electron chi connectivity index (χ2n) is 7.77. The molecule has 0 spiro atoms. The highest BCUT2D eigenvalue weighted by Gasteiger charge is 2.19. The van der Waals surface area contributed by atoms with Crippen molar-refractivity contribution >= 4 is 57.4 Å². The van der Waals surface area contributed by atoms with Crippen LogP contribution in [-0.2, 0) is 23.8 Å². The van der Waals surface area contributed by atoms with Gasteiger partial charge in [-0.05, 0) is 45.0 Å². The van der Waals surface area contributed by atoms with Crippen molar-refractivity contribution in [2.45, 2.75) is 38.5 Å². The molecule has 0 saturated heterocycles. The number of hydrogen-bond acceptors (Lipinski definition) is 4. The van der Waals surface area contributed by atoms with Crippen molar-refractivity contribution in [3.8, 4) is 0 Å². The molecule has 4 rings (SSSR count). The fraction of sp³-hybridized carbons (Fsp3) is 0.333. The number of fused-ring (bicyclic) bond motifs is 2. The number of hydrogen-bond donors (Lipinski definition) is 1. The summed E-state index contributed by atoms with van der Waals surface area (Å²) < 4.78 is 15.7. The summed E-state index contributed by atoms with van der Waals surface area (Å²) >= 11 is 11.8. The summed E-state index contributed by atoms with van der Waals surface area (Å²) in [5, 5.41) is 1.40. The van der Waals surface area contributed by atoms with Crippen molar-refractivity contribution in [2.24, 2.45) is 5.73 Å². The Bertz CT molecular complexity index is 1180. The molecule has 0 aliphatic heterocycles. The molecule has 0 amide bonds. The number of rotatable bonds is 4. The Morgan fingerprint density at radius 3 is 1.94 bits per heavy atom. The molecule has 1 unspecified atom stereocenters. The topological polar surface area (TPSA) is 77.7 Å². The third-order valence-electron chi connectivity index (χ3n) is 4.56. The van der Waals surface area contributed by atoms with Crippen molar-refractivity contribution < 1.29 is 4.21 Å². The zero-order valence-electron chi connectivity index (χ0n) is 17.6. The Morgan fingerprint density at radius 1 is 0.968 bits per heavy atom. The van der Waals surface area contributed by atoms with E-state index < -0.39 is 10.8 Å². The second-order valence-corrected chi connectivity index (χ2v) is 11.0. The summed E-state index contributed by atoms with van der Waals surface area (Å²) in [5.74, 6) is 0.628. The van der Waals surface area contributed by atoms with Gasteiger partial charge in [0.2, 0.25) is 0 Å². The van der Waals surface area contributed by atoms with Crippen LogP contribution in [0.15, 0.2) is 49.3 Å². The van der Waals surface area contributed by atoms with Crippen LogP contribution < -0.4 is 5.73 Å². The largest absolute Gasteiger partial charge is 0.325 e. The highest BCUT2D eigenvalue weighted by molar-refractivity contribution is 7.86. The van der Waals surface area contributed by atoms with Gasteiger partial charge in [-0.3, -0.25) is 4.21 Å². The van der Waals surface area contributed by atoms with Crippen LogP contribution in [0.5, 0.6) is 0 Å². The summed E-state index contributed by atoms with van der Waals surface area (Å²) in [6.45, 7) is 6.42. The van der Waals surface area contributed by atoms with E-state index >= 15 is 0 Å². The van der Waals surface area contributed by atoms with E-state index in [-0.39, 0.29) is 17.2 Å². The van der Waals surface area contributed by atoms with E-state index in [9.17, 15) is 4.21 Å². The van der Waals surface area contributed by atoms with Crippen LogP contribution in [0.1, 0.15) is 32.2 Å². The molecule has 6 nitrogen and oxygen atoms in total.